The summed E-state index contributed by atoms with van der Waals surface area (Å²) in [5.74, 6) is -0.257. The molecular weight excluding hydrogens is 400 g/mol. The summed E-state index contributed by atoms with van der Waals surface area (Å²) in [5, 5.41) is 7.15. The highest BCUT2D eigenvalue weighted by Crippen LogP contribution is 2.30. The van der Waals surface area contributed by atoms with Crippen LogP contribution in [0.1, 0.15) is 40.4 Å². The second-order valence-corrected chi connectivity index (χ2v) is 7.98. The molecule has 0 saturated heterocycles. The maximum atomic E-state index is 12.7. The molecule has 1 heterocycles. The molecule has 0 bridgehead atoms. The van der Waals surface area contributed by atoms with E-state index in [4.69, 9.17) is 0 Å². The number of benzene rings is 2. The number of nitrogens with zero attached hydrogens (tertiary/aromatic N) is 3. The number of aromatic nitrogens is 2. The lowest BCUT2D eigenvalue weighted by molar-refractivity contribution is 0.0951. The molecule has 30 heavy (non-hydrogen) atoms. The Morgan fingerprint density at radius 1 is 1.20 bits per heavy atom. The van der Waals surface area contributed by atoms with Crippen LogP contribution in [0.2, 0.25) is 0 Å². The second kappa shape index (κ2) is 9.69. The molecule has 158 valence electrons. The number of amides is 1. The first kappa shape index (κ1) is 21.7. The van der Waals surface area contributed by atoms with Crippen molar-refractivity contribution in [3.63, 3.8) is 0 Å². The summed E-state index contributed by atoms with van der Waals surface area (Å²) >= 11 is -2.29. The molecule has 1 unspecified atom stereocenters. The molecule has 3 aromatic rings. The lowest BCUT2D eigenvalue weighted by Gasteiger charge is -2.22. The summed E-state index contributed by atoms with van der Waals surface area (Å²) in [5.41, 5.74) is 4.25. The van der Waals surface area contributed by atoms with Gasteiger partial charge in [-0.1, -0.05) is 30.7 Å². The maximum absolute atomic E-state index is 12.7. The van der Waals surface area contributed by atoms with Gasteiger partial charge in [-0.3, -0.25) is 14.0 Å². The summed E-state index contributed by atoms with van der Waals surface area (Å²) in [6.07, 6.45) is 4.65. The first-order valence-electron chi connectivity index (χ1n) is 9.77. The van der Waals surface area contributed by atoms with Gasteiger partial charge in [0.25, 0.3) is 17.2 Å². The van der Waals surface area contributed by atoms with Crippen LogP contribution < -0.4 is 9.62 Å². The van der Waals surface area contributed by atoms with Gasteiger partial charge in [-0.25, -0.2) is 8.51 Å². The Morgan fingerprint density at radius 3 is 2.60 bits per heavy atom. The molecule has 1 atom stereocenters. The van der Waals surface area contributed by atoms with Crippen LogP contribution in [0.3, 0.4) is 0 Å². The third-order valence-corrected chi connectivity index (χ3v) is 5.43. The Labute approximate surface area is 179 Å². The summed E-state index contributed by atoms with van der Waals surface area (Å²) in [6, 6.07) is 12.4. The van der Waals surface area contributed by atoms with Gasteiger partial charge in [-0.15, -0.1) is 0 Å². The van der Waals surface area contributed by atoms with Crippen LogP contribution in [0.15, 0.2) is 54.9 Å². The van der Waals surface area contributed by atoms with Gasteiger partial charge in [-0.2, -0.15) is 5.10 Å². The molecule has 3 rings (SSSR count). The minimum absolute atomic E-state index is 0.257. The van der Waals surface area contributed by atoms with Gasteiger partial charge in [-0.05, 0) is 50.1 Å². The minimum Gasteiger partial charge on any atom is -0.348 e. The van der Waals surface area contributed by atoms with Crippen molar-refractivity contribution in [1.29, 1.82) is 0 Å². The molecule has 0 saturated carbocycles. The van der Waals surface area contributed by atoms with E-state index < -0.39 is 11.3 Å². The molecule has 0 aliphatic rings. The Bertz CT molecular complexity index is 1050. The number of carbonyl (C=O) groups is 1. The lowest BCUT2D eigenvalue weighted by atomic mass is 10.1. The van der Waals surface area contributed by atoms with Crippen molar-refractivity contribution in [2.24, 2.45) is 0 Å². The predicted octanol–water partition coefficient (Wildman–Crippen LogP) is 4.11. The standard InChI is InChI=1S/C22H26N4O3S/c1-4-11-25-15-18(14-24-25)13-23-22(27)19-8-7-17(3)21(12-19)26(30(28)29)20-9-5-16(2)6-10-20/h5-10,12,14-15H,4,11,13H2,1-3H3,(H,23,27)(H,28,29). The van der Waals surface area contributed by atoms with E-state index in [2.05, 4.69) is 17.3 Å². The first-order valence-corrected chi connectivity index (χ1v) is 10.8. The van der Waals surface area contributed by atoms with Gasteiger partial charge >= 0.3 is 0 Å². The second-order valence-electron chi connectivity index (χ2n) is 7.16. The van der Waals surface area contributed by atoms with Crippen molar-refractivity contribution >= 4 is 28.5 Å². The van der Waals surface area contributed by atoms with Crippen LogP contribution in [0.25, 0.3) is 0 Å². The molecule has 7 nitrogen and oxygen atoms in total. The third kappa shape index (κ3) is 5.14. The van der Waals surface area contributed by atoms with Crippen LogP contribution in [-0.2, 0) is 24.4 Å². The number of hydrogen-bond acceptors (Lipinski definition) is 3. The van der Waals surface area contributed by atoms with Crippen LogP contribution >= 0.6 is 0 Å². The normalized spacial score (nSPS) is 11.9. The van der Waals surface area contributed by atoms with E-state index in [1.165, 1.54) is 4.31 Å². The summed E-state index contributed by atoms with van der Waals surface area (Å²) < 4.78 is 25.2. The molecule has 0 spiro atoms. The van der Waals surface area contributed by atoms with Gasteiger partial charge in [0.2, 0.25) is 0 Å². The third-order valence-electron chi connectivity index (χ3n) is 4.71. The molecule has 0 aliphatic heterocycles. The fourth-order valence-corrected chi connectivity index (χ4v) is 3.76. The fourth-order valence-electron chi connectivity index (χ4n) is 3.10. The first-order chi connectivity index (χ1) is 14.4. The molecule has 0 aliphatic carbocycles. The summed E-state index contributed by atoms with van der Waals surface area (Å²) in [4.78, 5) is 12.7. The number of hydrogen-bond donors (Lipinski definition) is 2. The number of aryl methyl sites for hydroxylation is 3. The summed E-state index contributed by atoms with van der Waals surface area (Å²) in [7, 11) is 0. The molecule has 0 radical (unpaired) electrons. The van der Waals surface area contributed by atoms with E-state index in [0.717, 1.165) is 29.7 Å². The Hall–Kier alpha value is -2.97. The number of nitrogens with one attached hydrogen (secondary N) is 1. The molecule has 2 aromatic carbocycles. The Kier molecular flexibility index (Phi) is 7.02. The van der Waals surface area contributed by atoms with E-state index in [0.29, 0.717) is 23.5 Å². The van der Waals surface area contributed by atoms with E-state index in [1.807, 2.05) is 36.9 Å². The van der Waals surface area contributed by atoms with Crippen molar-refractivity contribution in [1.82, 2.24) is 15.1 Å². The molecule has 1 amide bonds. The van der Waals surface area contributed by atoms with Gasteiger partial charge in [0, 0.05) is 30.4 Å². The highest BCUT2D eigenvalue weighted by Gasteiger charge is 2.19. The van der Waals surface area contributed by atoms with Crippen molar-refractivity contribution in [3.05, 3.63) is 77.1 Å². The van der Waals surface area contributed by atoms with Crippen molar-refractivity contribution in [3.8, 4) is 0 Å². The number of anilines is 2. The van der Waals surface area contributed by atoms with Crippen LogP contribution in [0.4, 0.5) is 11.4 Å². The van der Waals surface area contributed by atoms with Crippen molar-refractivity contribution < 1.29 is 13.6 Å². The topological polar surface area (TPSA) is 87.5 Å². The smallest absolute Gasteiger partial charge is 0.266 e. The fraction of sp³-hybridized carbons (Fsp3) is 0.273. The van der Waals surface area contributed by atoms with Crippen LogP contribution in [0.5, 0.6) is 0 Å². The van der Waals surface area contributed by atoms with Gasteiger partial charge in [0.1, 0.15) is 0 Å². The van der Waals surface area contributed by atoms with E-state index in [9.17, 15) is 13.6 Å². The van der Waals surface area contributed by atoms with Crippen LogP contribution in [-0.4, -0.2) is 24.4 Å². The minimum atomic E-state index is -2.29. The highest BCUT2D eigenvalue weighted by molar-refractivity contribution is 7.81. The highest BCUT2D eigenvalue weighted by atomic mass is 32.2. The lowest BCUT2D eigenvalue weighted by Crippen LogP contribution is -2.24. The SMILES string of the molecule is CCCn1cc(CNC(=O)c2ccc(C)c(N(c3ccc(C)cc3)S(=O)O)c2)cn1. The molecular formula is C22H26N4O3S. The molecule has 1 aromatic heterocycles. The Morgan fingerprint density at radius 2 is 1.93 bits per heavy atom. The average Bonchev–Trinajstić information content (AvgIpc) is 3.17. The zero-order chi connectivity index (χ0) is 21.7. The molecule has 8 heteroatoms. The van der Waals surface area contributed by atoms with Crippen molar-refractivity contribution in [2.45, 2.75) is 40.3 Å². The zero-order valence-electron chi connectivity index (χ0n) is 17.3. The van der Waals surface area contributed by atoms with Crippen molar-refractivity contribution in [2.75, 3.05) is 4.31 Å². The van der Waals surface area contributed by atoms with Crippen LogP contribution in [0, 0.1) is 13.8 Å². The van der Waals surface area contributed by atoms with E-state index in [1.54, 1.807) is 36.5 Å². The zero-order valence-corrected chi connectivity index (χ0v) is 18.1. The quantitative estimate of drug-likeness (QED) is 0.531. The Balaban J connectivity index is 1.81. The largest absolute Gasteiger partial charge is 0.348 e. The summed E-state index contributed by atoms with van der Waals surface area (Å²) in [6.45, 7) is 7.07. The van der Waals surface area contributed by atoms with E-state index >= 15 is 0 Å². The van der Waals surface area contributed by atoms with Gasteiger partial charge < -0.3 is 5.32 Å². The van der Waals surface area contributed by atoms with Gasteiger partial charge in [0.05, 0.1) is 17.6 Å². The predicted molar refractivity (Wildman–Crippen MR) is 119 cm³/mol. The van der Waals surface area contributed by atoms with Gasteiger partial charge in [0.15, 0.2) is 0 Å². The monoisotopic (exact) mass is 426 g/mol. The average molecular weight is 427 g/mol. The maximum Gasteiger partial charge on any atom is 0.266 e. The molecule has 2 N–H and O–H groups in total. The van der Waals surface area contributed by atoms with E-state index in [-0.39, 0.29) is 5.91 Å². The number of carbonyl (C=O) groups excluding carboxylic acids is 1. The number of rotatable bonds is 8. The molecule has 0 fully saturated rings.